The van der Waals surface area contributed by atoms with E-state index in [1.807, 2.05) is 13.0 Å². The average Bonchev–Trinajstić information content (AvgIpc) is 2.56. The Morgan fingerprint density at radius 3 is 2.70 bits per heavy atom. The summed E-state index contributed by atoms with van der Waals surface area (Å²) in [7, 11) is 0. The van der Waals surface area contributed by atoms with Crippen LogP contribution in [-0.2, 0) is 0 Å². The molecule has 23 heavy (non-hydrogen) atoms. The van der Waals surface area contributed by atoms with Gasteiger partial charge < -0.3 is 10.2 Å². The Hall–Kier alpha value is -2.50. The van der Waals surface area contributed by atoms with Gasteiger partial charge in [-0.2, -0.15) is 0 Å². The molecule has 2 aromatic rings. The summed E-state index contributed by atoms with van der Waals surface area (Å²) in [5.74, 6) is -0.419. The summed E-state index contributed by atoms with van der Waals surface area (Å²) in [6.07, 6.45) is 4.72. The molecule has 1 aliphatic rings. The van der Waals surface area contributed by atoms with Gasteiger partial charge in [0.2, 0.25) is 0 Å². The van der Waals surface area contributed by atoms with Crippen LogP contribution in [0.4, 0.5) is 10.1 Å². The molecule has 6 heteroatoms. The van der Waals surface area contributed by atoms with Crippen LogP contribution in [0.2, 0.25) is 0 Å². The average molecular weight is 314 g/mol. The molecule has 120 valence electrons. The van der Waals surface area contributed by atoms with Crippen molar-refractivity contribution in [1.82, 2.24) is 15.3 Å². The fourth-order valence-corrected chi connectivity index (χ4v) is 2.72. The number of carbonyl (C=O) groups is 1. The van der Waals surface area contributed by atoms with Crippen molar-refractivity contribution in [2.24, 2.45) is 0 Å². The number of piperidine rings is 1. The summed E-state index contributed by atoms with van der Waals surface area (Å²) in [6, 6.07) is 6.72. The Bertz CT molecular complexity index is 681. The molecule has 1 fully saturated rings. The SMILES string of the molecule is Cc1cnc(C(=O)NC2CCN(c3cccc(F)c3)CC2)cn1. The van der Waals surface area contributed by atoms with Gasteiger partial charge in [0.05, 0.1) is 11.9 Å². The molecule has 1 amide bonds. The number of rotatable bonds is 3. The molecule has 0 spiro atoms. The highest BCUT2D eigenvalue weighted by Crippen LogP contribution is 2.20. The third-order valence-corrected chi connectivity index (χ3v) is 4.02. The minimum absolute atomic E-state index is 0.107. The molecule has 1 saturated heterocycles. The minimum Gasteiger partial charge on any atom is -0.371 e. The molecular weight excluding hydrogens is 295 g/mol. The van der Waals surface area contributed by atoms with Crippen molar-refractivity contribution in [3.63, 3.8) is 0 Å². The maximum atomic E-state index is 13.3. The van der Waals surface area contributed by atoms with Crippen LogP contribution >= 0.6 is 0 Å². The van der Waals surface area contributed by atoms with Gasteiger partial charge in [-0.3, -0.25) is 9.78 Å². The van der Waals surface area contributed by atoms with E-state index in [9.17, 15) is 9.18 Å². The summed E-state index contributed by atoms with van der Waals surface area (Å²) < 4.78 is 13.3. The number of carbonyl (C=O) groups excluding carboxylic acids is 1. The lowest BCUT2D eigenvalue weighted by molar-refractivity contribution is 0.0925. The molecule has 0 saturated carbocycles. The predicted molar refractivity (Wildman–Crippen MR) is 85.9 cm³/mol. The highest BCUT2D eigenvalue weighted by molar-refractivity contribution is 5.92. The molecule has 0 atom stereocenters. The van der Waals surface area contributed by atoms with Crippen LogP contribution in [0, 0.1) is 12.7 Å². The van der Waals surface area contributed by atoms with E-state index in [0.717, 1.165) is 37.3 Å². The van der Waals surface area contributed by atoms with E-state index >= 15 is 0 Å². The van der Waals surface area contributed by atoms with Gasteiger partial charge in [-0.15, -0.1) is 0 Å². The lowest BCUT2D eigenvalue weighted by Crippen LogP contribution is -2.45. The zero-order chi connectivity index (χ0) is 16.2. The zero-order valence-electron chi connectivity index (χ0n) is 13.0. The first-order valence-corrected chi connectivity index (χ1v) is 7.72. The normalized spacial score (nSPS) is 15.5. The van der Waals surface area contributed by atoms with Crippen LogP contribution < -0.4 is 10.2 Å². The van der Waals surface area contributed by atoms with Crippen LogP contribution in [0.25, 0.3) is 0 Å². The monoisotopic (exact) mass is 314 g/mol. The van der Waals surface area contributed by atoms with Crippen molar-refractivity contribution < 1.29 is 9.18 Å². The first-order chi connectivity index (χ1) is 11.1. The van der Waals surface area contributed by atoms with E-state index in [1.165, 1.54) is 12.3 Å². The fraction of sp³-hybridized carbons (Fsp3) is 0.353. The lowest BCUT2D eigenvalue weighted by atomic mass is 10.0. The van der Waals surface area contributed by atoms with Crippen molar-refractivity contribution in [2.45, 2.75) is 25.8 Å². The summed E-state index contributed by atoms with van der Waals surface area (Å²) in [6.45, 7) is 3.40. The second-order valence-electron chi connectivity index (χ2n) is 5.76. The first-order valence-electron chi connectivity index (χ1n) is 7.72. The van der Waals surface area contributed by atoms with E-state index in [-0.39, 0.29) is 17.8 Å². The van der Waals surface area contributed by atoms with Gasteiger partial charge in [0.1, 0.15) is 11.5 Å². The predicted octanol–water partition coefficient (Wildman–Crippen LogP) is 2.32. The maximum absolute atomic E-state index is 13.3. The Morgan fingerprint density at radius 1 is 1.26 bits per heavy atom. The van der Waals surface area contributed by atoms with Gasteiger partial charge in [-0.25, -0.2) is 9.37 Å². The van der Waals surface area contributed by atoms with Gasteiger partial charge >= 0.3 is 0 Å². The molecule has 1 aromatic carbocycles. The molecule has 0 unspecified atom stereocenters. The van der Waals surface area contributed by atoms with Gasteiger partial charge in [0.15, 0.2) is 0 Å². The molecule has 0 radical (unpaired) electrons. The summed E-state index contributed by atoms with van der Waals surface area (Å²) >= 11 is 0. The molecule has 0 bridgehead atoms. The van der Waals surface area contributed by atoms with Crippen molar-refractivity contribution in [3.8, 4) is 0 Å². The van der Waals surface area contributed by atoms with Crippen LogP contribution in [-0.4, -0.2) is 35.0 Å². The zero-order valence-corrected chi connectivity index (χ0v) is 13.0. The number of hydrogen-bond donors (Lipinski definition) is 1. The topological polar surface area (TPSA) is 58.1 Å². The van der Waals surface area contributed by atoms with E-state index in [2.05, 4.69) is 20.2 Å². The number of amides is 1. The third kappa shape index (κ3) is 3.83. The number of hydrogen-bond acceptors (Lipinski definition) is 4. The van der Waals surface area contributed by atoms with E-state index in [4.69, 9.17) is 0 Å². The molecule has 5 nitrogen and oxygen atoms in total. The molecule has 3 rings (SSSR count). The van der Waals surface area contributed by atoms with Crippen molar-refractivity contribution in [3.05, 3.63) is 53.9 Å². The standard InChI is InChI=1S/C17H19FN4O/c1-12-10-20-16(11-19-12)17(23)21-14-5-7-22(8-6-14)15-4-2-3-13(18)9-15/h2-4,9-11,14H,5-8H2,1H3,(H,21,23). The van der Waals surface area contributed by atoms with Crippen LogP contribution in [0.3, 0.4) is 0 Å². The van der Waals surface area contributed by atoms with Crippen molar-refractivity contribution in [2.75, 3.05) is 18.0 Å². The van der Waals surface area contributed by atoms with Gasteiger partial charge in [-0.05, 0) is 38.0 Å². The molecule has 1 aliphatic heterocycles. The Kier molecular flexibility index (Phi) is 4.50. The highest BCUT2D eigenvalue weighted by atomic mass is 19.1. The third-order valence-electron chi connectivity index (χ3n) is 4.02. The fourth-order valence-electron chi connectivity index (χ4n) is 2.72. The Morgan fingerprint density at radius 2 is 2.04 bits per heavy atom. The van der Waals surface area contributed by atoms with Crippen LogP contribution in [0.15, 0.2) is 36.7 Å². The van der Waals surface area contributed by atoms with Crippen LogP contribution in [0.5, 0.6) is 0 Å². The maximum Gasteiger partial charge on any atom is 0.271 e. The molecule has 1 aromatic heterocycles. The number of anilines is 1. The first kappa shape index (κ1) is 15.4. The number of nitrogens with one attached hydrogen (secondary N) is 1. The van der Waals surface area contributed by atoms with Crippen molar-refractivity contribution >= 4 is 11.6 Å². The van der Waals surface area contributed by atoms with Gasteiger partial charge in [0, 0.05) is 31.0 Å². The molecular formula is C17H19FN4O. The van der Waals surface area contributed by atoms with Gasteiger partial charge in [-0.1, -0.05) is 6.07 Å². The van der Waals surface area contributed by atoms with Crippen LogP contribution in [0.1, 0.15) is 29.0 Å². The summed E-state index contributed by atoms with van der Waals surface area (Å²) in [4.78, 5) is 22.5. The molecule has 2 heterocycles. The summed E-state index contributed by atoms with van der Waals surface area (Å²) in [5, 5.41) is 3.00. The van der Waals surface area contributed by atoms with Gasteiger partial charge in [0.25, 0.3) is 5.91 Å². The lowest BCUT2D eigenvalue weighted by Gasteiger charge is -2.33. The van der Waals surface area contributed by atoms with E-state index < -0.39 is 0 Å². The van der Waals surface area contributed by atoms with E-state index in [1.54, 1.807) is 18.3 Å². The number of nitrogens with zero attached hydrogens (tertiary/aromatic N) is 3. The highest BCUT2D eigenvalue weighted by Gasteiger charge is 2.22. The Balaban J connectivity index is 1.55. The number of benzene rings is 1. The Labute approximate surface area is 134 Å². The molecule has 0 aliphatic carbocycles. The second-order valence-corrected chi connectivity index (χ2v) is 5.76. The molecule has 1 N–H and O–H groups in total. The number of aromatic nitrogens is 2. The second kappa shape index (κ2) is 6.73. The summed E-state index contributed by atoms with van der Waals surface area (Å²) in [5.41, 5.74) is 2.01. The minimum atomic E-state index is -0.226. The van der Waals surface area contributed by atoms with E-state index in [0.29, 0.717) is 5.69 Å². The largest absolute Gasteiger partial charge is 0.371 e. The quantitative estimate of drug-likeness (QED) is 0.944. The number of aryl methyl sites for hydroxylation is 1. The number of halogens is 1. The van der Waals surface area contributed by atoms with Crippen molar-refractivity contribution in [1.29, 1.82) is 0 Å². The smallest absolute Gasteiger partial charge is 0.271 e.